The van der Waals surface area contributed by atoms with Crippen LogP contribution in [-0.2, 0) is 0 Å². The fourth-order valence-electron chi connectivity index (χ4n) is 4.50. The number of carbonyl (C=O) groups is 1. The third-order valence-electron chi connectivity index (χ3n) is 6.06. The van der Waals surface area contributed by atoms with Crippen molar-refractivity contribution in [3.63, 3.8) is 0 Å². The summed E-state index contributed by atoms with van der Waals surface area (Å²) in [5.41, 5.74) is 2.11. The van der Waals surface area contributed by atoms with E-state index < -0.39 is 0 Å². The zero-order chi connectivity index (χ0) is 21.9. The lowest BCUT2D eigenvalue weighted by atomic mass is 9.99. The van der Waals surface area contributed by atoms with Crippen molar-refractivity contribution in [2.24, 2.45) is 0 Å². The summed E-state index contributed by atoms with van der Waals surface area (Å²) in [5.74, 6) is 0.287. The number of Topliss-reactive ketones (excluding diaryl/α,β-unsaturated/α-hetero) is 1. The summed E-state index contributed by atoms with van der Waals surface area (Å²) in [4.78, 5) is 15.1. The molecule has 0 saturated heterocycles. The van der Waals surface area contributed by atoms with Crippen LogP contribution in [0.1, 0.15) is 109 Å². The van der Waals surface area contributed by atoms with Gasteiger partial charge in [-0.1, -0.05) is 76.5 Å². The van der Waals surface area contributed by atoms with Gasteiger partial charge in [-0.3, -0.25) is 4.79 Å². The molecule has 0 aromatic heterocycles. The van der Waals surface area contributed by atoms with E-state index in [0.717, 1.165) is 17.4 Å². The predicted octanol–water partition coefficient (Wildman–Crippen LogP) is 8.57. The molecule has 2 rings (SSSR count). The zero-order valence-electron chi connectivity index (χ0n) is 20.0. The van der Waals surface area contributed by atoms with Gasteiger partial charge >= 0.3 is 0 Å². The lowest BCUT2D eigenvalue weighted by Gasteiger charge is -2.33. The highest BCUT2D eigenvalue weighted by Gasteiger charge is 2.15. The van der Waals surface area contributed by atoms with Gasteiger partial charge in [0.25, 0.3) is 0 Å². The monoisotopic (exact) mass is 409 g/mol. The minimum atomic E-state index is 0.287. The fraction of sp³-hybridized carbons (Fsp3) is 0.607. The van der Waals surface area contributed by atoms with Gasteiger partial charge in [-0.2, -0.15) is 0 Å². The van der Waals surface area contributed by atoms with Crippen LogP contribution in [-0.4, -0.2) is 17.9 Å². The van der Waals surface area contributed by atoms with Crippen molar-refractivity contribution in [1.29, 1.82) is 0 Å². The van der Waals surface area contributed by atoms with Gasteiger partial charge in [0.2, 0.25) is 0 Å². The minimum Gasteiger partial charge on any atom is -0.367 e. The van der Waals surface area contributed by atoms with Gasteiger partial charge in [0, 0.05) is 29.8 Å². The number of nitrogens with zero attached hydrogens (tertiary/aromatic N) is 1. The third kappa shape index (κ3) is 7.45. The standard InChI is InChI=1S/C28H43NO/c1-6-7-8-9-10-11-12-13-14-15-28(30)26-17-16-25-21-27(19-18-24(25)20-26)29(22(2)3)23(4)5/h16-23H,6-15H2,1-5H3. The molecule has 2 aromatic rings. The van der Waals surface area contributed by atoms with E-state index >= 15 is 0 Å². The van der Waals surface area contributed by atoms with Gasteiger partial charge in [-0.15, -0.1) is 0 Å². The summed E-state index contributed by atoms with van der Waals surface area (Å²) in [6.07, 6.45) is 12.2. The van der Waals surface area contributed by atoms with E-state index in [2.05, 4.69) is 69.9 Å². The Morgan fingerprint density at radius 1 is 0.733 bits per heavy atom. The summed E-state index contributed by atoms with van der Waals surface area (Å²) in [6.45, 7) is 11.2. The maximum absolute atomic E-state index is 12.6. The number of anilines is 1. The van der Waals surface area contributed by atoms with E-state index in [1.807, 2.05) is 6.07 Å². The molecule has 30 heavy (non-hydrogen) atoms. The van der Waals surface area contributed by atoms with Crippen LogP contribution in [0.3, 0.4) is 0 Å². The van der Waals surface area contributed by atoms with Gasteiger partial charge in [-0.25, -0.2) is 0 Å². The van der Waals surface area contributed by atoms with E-state index in [4.69, 9.17) is 0 Å². The minimum absolute atomic E-state index is 0.287. The Bertz CT molecular complexity index is 769. The number of hydrogen-bond acceptors (Lipinski definition) is 2. The smallest absolute Gasteiger partial charge is 0.162 e. The summed E-state index contributed by atoms with van der Waals surface area (Å²) < 4.78 is 0. The molecule has 0 saturated carbocycles. The second-order valence-corrected chi connectivity index (χ2v) is 9.34. The molecule has 0 fully saturated rings. The van der Waals surface area contributed by atoms with Crippen LogP contribution >= 0.6 is 0 Å². The maximum atomic E-state index is 12.6. The van der Waals surface area contributed by atoms with E-state index in [-0.39, 0.29) is 5.78 Å². The lowest BCUT2D eigenvalue weighted by Crippen LogP contribution is -2.36. The molecule has 0 atom stereocenters. The molecule has 2 aromatic carbocycles. The van der Waals surface area contributed by atoms with Crippen LogP contribution in [0.4, 0.5) is 5.69 Å². The zero-order valence-corrected chi connectivity index (χ0v) is 20.0. The van der Waals surface area contributed by atoms with E-state index in [9.17, 15) is 4.79 Å². The van der Waals surface area contributed by atoms with Crippen LogP contribution in [0, 0.1) is 0 Å². The van der Waals surface area contributed by atoms with E-state index in [0.29, 0.717) is 18.5 Å². The second kappa shape index (κ2) is 12.8. The normalized spacial score (nSPS) is 11.6. The quantitative estimate of drug-likeness (QED) is 0.230. The van der Waals surface area contributed by atoms with Gasteiger partial charge in [0.05, 0.1) is 0 Å². The van der Waals surface area contributed by atoms with Crippen molar-refractivity contribution in [2.45, 2.75) is 111 Å². The molecular weight excluding hydrogens is 366 g/mol. The van der Waals surface area contributed by atoms with Crippen molar-refractivity contribution >= 4 is 22.2 Å². The molecule has 0 N–H and O–H groups in total. The Morgan fingerprint density at radius 3 is 1.87 bits per heavy atom. The molecule has 2 nitrogen and oxygen atoms in total. The van der Waals surface area contributed by atoms with Crippen molar-refractivity contribution in [1.82, 2.24) is 0 Å². The van der Waals surface area contributed by atoms with Gasteiger partial charge in [0.15, 0.2) is 5.78 Å². The Labute approximate surface area is 185 Å². The molecule has 0 amide bonds. The van der Waals surface area contributed by atoms with Crippen molar-refractivity contribution in [3.8, 4) is 0 Å². The van der Waals surface area contributed by atoms with Crippen LogP contribution in [0.25, 0.3) is 10.8 Å². The number of rotatable bonds is 14. The van der Waals surface area contributed by atoms with E-state index in [1.165, 1.54) is 62.4 Å². The molecule has 0 heterocycles. The highest BCUT2D eigenvalue weighted by Crippen LogP contribution is 2.26. The molecule has 0 unspecified atom stereocenters. The van der Waals surface area contributed by atoms with Crippen LogP contribution < -0.4 is 4.90 Å². The Morgan fingerprint density at radius 2 is 1.27 bits per heavy atom. The predicted molar refractivity (Wildman–Crippen MR) is 133 cm³/mol. The molecule has 0 radical (unpaired) electrons. The number of unbranched alkanes of at least 4 members (excludes halogenated alkanes) is 8. The van der Waals surface area contributed by atoms with Gasteiger partial charge < -0.3 is 4.90 Å². The SMILES string of the molecule is CCCCCCCCCCCC(=O)c1ccc2cc(N(C(C)C)C(C)C)ccc2c1. The van der Waals surface area contributed by atoms with Crippen molar-refractivity contribution in [3.05, 3.63) is 42.0 Å². The first-order valence-corrected chi connectivity index (χ1v) is 12.3. The fourth-order valence-corrected chi connectivity index (χ4v) is 4.50. The first kappa shape index (κ1) is 24.4. The average molecular weight is 410 g/mol. The number of hydrogen-bond donors (Lipinski definition) is 0. The topological polar surface area (TPSA) is 20.3 Å². The summed E-state index contributed by atoms with van der Waals surface area (Å²) in [6, 6.07) is 13.7. The van der Waals surface area contributed by atoms with Crippen molar-refractivity contribution < 1.29 is 4.79 Å². The first-order valence-electron chi connectivity index (χ1n) is 12.3. The molecule has 0 spiro atoms. The molecule has 0 aliphatic carbocycles. The third-order valence-corrected chi connectivity index (χ3v) is 6.06. The highest BCUT2D eigenvalue weighted by molar-refractivity contribution is 6.00. The second-order valence-electron chi connectivity index (χ2n) is 9.34. The number of benzene rings is 2. The molecular formula is C28H43NO. The van der Waals surface area contributed by atoms with Crippen molar-refractivity contribution in [2.75, 3.05) is 4.90 Å². The first-order chi connectivity index (χ1) is 14.4. The Hall–Kier alpha value is -1.83. The summed E-state index contributed by atoms with van der Waals surface area (Å²) in [5, 5.41) is 2.36. The van der Waals surface area contributed by atoms with E-state index in [1.54, 1.807) is 0 Å². The lowest BCUT2D eigenvalue weighted by molar-refractivity contribution is 0.0979. The molecule has 0 bridgehead atoms. The molecule has 2 heteroatoms. The highest BCUT2D eigenvalue weighted by atomic mass is 16.1. The average Bonchev–Trinajstić information content (AvgIpc) is 2.71. The number of ketones is 1. The molecule has 166 valence electrons. The Kier molecular flexibility index (Phi) is 10.4. The summed E-state index contributed by atoms with van der Waals surface area (Å²) in [7, 11) is 0. The maximum Gasteiger partial charge on any atom is 0.162 e. The molecule has 0 aliphatic heterocycles. The summed E-state index contributed by atoms with van der Waals surface area (Å²) >= 11 is 0. The Balaban J connectivity index is 1.86. The van der Waals surface area contributed by atoms with Crippen LogP contribution in [0.15, 0.2) is 36.4 Å². The van der Waals surface area contributed by atoms with Gasteiger partial charge in [-0.05, 0) is 63.1 Å². The van der Waals surface area contributed by atoms with Crippen LogP contribution in [0.5, 0.6) is 0 Å². The largest absolute Gasteiger partial charge is 0.367 e. The molecule has 0 aliphatic rings. The number of fused-ring (bicyclic) bond motifs is 1. The number of carbonyl (C=O) groups excluding carboxylic acids is 1. The van der Waals surface area contributed by atoms with Crippen LogP contribution in [0.2, 0.25) is 0 Å². The van der Waals surface area contributed by atoms with Gasteiger partial charge in [0.1, 0.15) is 0 Å².